The molecule has 1 aromatic carbocycles. The number of amides is 1. The molecule has 0 bridgehead atoms. The van der Waals surface area contributed by atoms with E-state index in [2.05, 4.69) is 13.8 Å². The molecule has 0 aliphatic carbocycles. The highest BCUT2D eigenvalue weighted by Gasteiger charge is 2.18. The highest BCUT2D eigenvalue weighted by atomic mass is 16.5. The van der Waals surface area contributed by atoms with E-state index in [-0.39, 0.29) is 5.91 Å². The van der Waals surface area contributed by atoms with Crippen molar-refractivity contribution in [1.82, 2.24) is 0 Å². The van der Waals surface area contributed by atoms with Crippen molar-refractivity contribution in [2.75, 3.05) is 19.1 Å². The minimum atomic E-state index is -0.524. The van der Waals surface area contributed by atoms with E-state index in [0.717, 1.165) is 5.69 Å². The van der Waals surface area contributed by atoms with Gasteiger partial charge in [-0.15, -0.1) is 0 Å². The summed E-state index contributed by atoms with van der Waals surface area (Å²) in [5.74, 6) is 0.977. The standard InChI is InChI=1S/C14H22N2O2/c1-9(2)11-6-7-12(13(8-11)18-5)16(4)14(17)10(3)15/h6-10H,15H2,1-5H3. The topological polar surface area (TPSA) is 55.6 Å². The first-order valence-electron chi connectivity index (χ1n) is 6.09. The minimum absolute atomic E-state index is 0.134. The highest BCUT2D eigenvalue weighted by Crippen LogP contribution is 2.31. The molecule has 0 aliphatic rings. The average Bonchev–Trinajstić information content (AvgIpc) is 2.35. The van der Waals surface area contributed by atoms with Gasteiger partial charge >= 0.3 is 0 Å². The van der Waals surface area contributed by atoms with E-state index in [1.807, 2.05) is 18.2 Å². The van der Waals surface area contributed by atoms with Crippen LogP contribution in [0.15, 0.2) is 18.2 Å². The van der Waals surface area contributed by atoms with E-state index in [4.69, 9.17) is 10.5 Å². The van der Waals surface area contributed by atoms with Crippen molar-refractivity contribution in [3.63, 3.8) is 0 Å². The molecular formula is C14H22N2O2. The number of anilines is 1. The normalized spacial score (nSPS) is 12.4. The van der Waals surface area contributed by atoms with E-state index in [1.165, 1.54) is 10.5 Å². The zero-order valence-electron chi connectivity index (χ0n) is 11.7. The van der Waals surface area contributed by atoms with Gasteiger partial charge in [0.2, 0.25) is 5.91 Å². The lowest BCUT2D eigenvalue weighted by Gasteiger charge is -2.22. The molecule has 0 heterocycles. The summed E-state index contributed by atoms with van der Waals surface area (Å²) in [4.78, 5) is 13.4. The number of hydrogen-bond acceptors (Lipinski definition) is 3. The molecule has 18 heavy (non-hydrogen) atoms. The Labute approximate surface area is 109 Å². The van der Waals surface area contributed by atoms with Crippen molar-refractivity contribution in [2.45, 2.75) is 32.7 Å². The van der Waals surface area contributed by atoms with Crippen LogP contribution in [0.1, 0.15) is 32.3 Å². The lowest BCUT2D eigenvalue weighted by molar-refractivity contribution is -0.119. The molecular weight excluding hydrogens is 228 g/mol. The Hall–Kier alpha value is -1.55. The van der Waals surface area contributed by atoms with Gasteiger partial charge in [0.15, 0.2) is 0 Å². The van der Waals surface area contributed by atoms with E-state index in [0.29, 0.717) is 11.7 Å². The summed E-state index contributed by atoms with van der Waals surface area (Å²) in [5, 5.41) is 0. The first-order valence-corrected chi connectivity index (χ1v) is 6.09. The molecule has 1 amide bonds. The number of carbonyl (C=O) groups is 1. The van der Waals surface area contributed by atoms with Gasteiger partial charge in [-0.2, -0.15) is 0 Å². The number of likely N-dealkylation sites (N-methyl/N-ethyl adjacent to an activating group) is 1. The maximum atomic E-state index is 11.9. The predicted molar refractivity (Wildman–Crippen MR) is 74.1 cm³/mol. The molecule has 1 aromatic rings. The van der Waals surface area contributed by atoms with Crippen molar-refractivity contribution in [3.8, 4) is 5.75 Å². The average molecular weight is 250 g/mol. The summed E-state index contributed by atoms with van der Waals surface area (Å²) in [7, 11) is 3.31. The highest BCUT2D eigenvalue weighted by molar-refractivity contribution is 5.97. The van der Waals surface area contributed by atoms with Crippen LogP contribution in [0.2, 0.25) is 0 Å². The Balaban J connectivity index is 3.13. The van der Waals surface area contributed by atoms with E-state index in [9.17, 15) is 4.79 Å². The van der Waals surface area contributed by atoms with Gasteiger partial charge in [-0.05, 0) is 30.5 Å². The Morgan fingerprint density at radius 2 is 1.94 bits per heavy atom. The fourth-order valence-corrected chi connectivity index (χ4v) is 1.75. The number of methoxy groups -OCH3 is 1. The maximum absolute atomic E-state index is 11.9. The third kappa shape index (κ3) is 3.01. The van der Waals surface area contributed by atoms with Crippen molar-refractivity contribution in [1.29, 1.82) is 0 Å². The van der Waals surface area contributed by atoms with Gasteiger partial charge in [0.25, 0.3) is 0 Å². The summed E-state index contributed by atoms with van der Waals surface area (Å²) in [6.45, 7) is 5.91. The molecule has 0 spiro atoms. The lowest BCUT2D eigenvalue weighted by atomic mass is 10.0. The van der Waals surface area contributed by atoms with Gasteiger partial charge in [0.05, 0.1) is 18.8 Å². The molecule has 0 aliphatic heterocycles. The van der Waals surface area contributed by atoms with E-state index in [1.54, 1.807) is 21.1 Å². The summed E-state index contributed by atoms with van der Waals surface area (Å²) >= 11 is 0. The summed E-state index contributed by atoms with van der Waals surface area (Å²) in [5.41, 5.74) is 7.53. The van der Waals surface area contributed by atoms with Crippen LogP contribution >= 0.6 is 0 Å². The van der Waals surface area contributed by atoms with Crippen LogP contribution in [0.5, 0.6) is 5.75 Å². The van der Waals surface area contributed by atoms with E-state index < -0.39 is 6.04 Å². The fraction of sp³-hybridized carbons (Fsp3) is 0.500. The zero-order valence-corrected chi connectivity index (χ0v) is 11.7. The van der Waals surface area contributed by atoms with Crippen LogP contribution in [0.3, 0.4) is 0 Å². The second-order valence-corrected chi connectivity index (χ2v) is 4.77. The third-order valence-electron chi connectivity index (χ3n) is 2.95. The van der Waals surface area contributed by atoms with Crippen LogP contribution < -0.4 is 15.4 Å². The number of hydrogen-bond donors (Lipinski definition) is 1. The molecule has 2 N–H and O–H groups in total. The van der Waals surface area contributed by atoms with Crippen LogP contribution in [0.25, 0.3) is 0 Å². The Morgan fingerprint density at radius 1 is 1.33 bits per heavy atom. The number of nitrogens with zero attached hydrogens (tertiary/aromatic N) is 1. The molecule has 0 fully saturated rings. The second kappa shape index (κ2) is 5.87. The summed E-state index contributed by atoms with van der Waals surface area (Å²) in [6, 6.07) is 5.34. The largest absolute Gasteiger partial charge is 0.495 e. The number of nitrogens with two attached hydrogens (primary N) is 1. The van der Waals surface area contributed by atoms with Crippen molar-refractivity contribution in [2.24, 2.45) is 5.73 Å². The molecule has 0 aromatic heterocycles. The molecule has 4 heteroatoms. The quantitative estimate of drug-likeness (QED) is 0.890. The van der Waals surface area contributed by atoms with Gasteiger partial charge in [0.1, 0.15) is 5.75 Å². The monoisotopic (exact) mass is 250 g/mol. The van der Waals surface area contributed by atoms with Crippen molar-refractivity contribution >= 4 is 11.6 Å². The Bertz CT molecular complexity index is 428. The van der Waals surface area contributed by atoms with Crippen molar-refractivity contribution in [3.05, 3.63) is 23.8 Å². The smallest absolute Gasteiger partial charge is 0.243 e. The maximum Gasteiger partial charge on any atom is 0.243 e. The Morgan fingerprint density at radius 3 is 2.39 bits per heavy atom. The second-order valence-electron chi connectivity index (χ2n) is 4.77. The van der Waals surface area contributed by atoms with E-state index >= 15 is 0 Å². The molecule has 1 rings (SSSR count). The van der Waals surface area contributed by atoms with Crippen LogP contribution in [0, 0.1) is 0 Å². The number of carbonyl (C=O) groups excluding carboxylic acids is 1. The number of rotatable bonds is 4. The van der Waals surface area contributed by atoms with Gasteiger partial charge in [0, 0.05) is 7.05 Å². The molecule has 0 saturated heterocycles. The molecule has 1 unspecified atom stereocenters. The first-order chi connectivity index (χ1) is 8.38. The van der Waals surface area contributed by atoms with Gasteiger partial charge in [-0.1, -0.05) is 19.9 Å². The third-order valence-corrected chi connectivity index (χ3v) is 2.95. The molecule has 1 atom stereocenters. The van der Waals surface area contributed by atoms with Gasteiger partial charge < -0.3 is 15.4 Å². The number of ether oxygens (including phenoxy) is 1. The summed E-state index contributed by atoms with van der Waals surface area (Å²) in [6.07, 6.45) is 0. The zero-order chi connectivity index (χ0) is 13.9. The van der Waals surface area contributed by atoms with Gasteiger partial charge in [-0.3, -0.25) is 4.79 Å². The molecule has 0 radical (unpaired) electrons. The van der Waals surface area contributed by atoms with Gasteiger partial charge in [-0.25, -0.2) is 0 Å². The SMILES string of the molecule is COc1cc(C(C)C)ccc1N(C)C(=O)C(C)N. The summed E-state index contributed by atoms with van der Waals surface area (Å²) < 4.78 is 5.35. The Kier molecular flexibility index (Phi) is 4.73. The molecule has 4 nitrogen and oxygen atoms in total. The number of benzene rings is 1. The van der Waals surface area contributed by atoms with Crippen molar-refractivity contribution < 1.29 is 9.53 Å². The molecule has 100 valence electrons. The van der Waals surface area contributed by atoms with Crippen LogP contribution in [-0.4, -0.2) is 26.1 Å². The molecule has 0 saturated carbocycles. The fourth-order valence-electron chi connectivity index (χ4n) is 1.75. The predicted octanol–water partition coefficient (Wildman–Crippen LogP) is 2.13. The minimum Gasteiger partial charge on any atom is -0.495 e. The van der Waals surface area contributed by atoms with Crippen LogP contribution in [0.4, 0.5) is 5.69 Å². The lowest BCUT2D eigenvalue weighted by Crippen LogP contribution is -2.39. The van der Waals surface area contributed by atoms with Crippen LogP contribution in [-0.2, 0) is 4.79 Å². The first kappa shape index (κ1) is 14.5.